The standard InChI is InChI=1S/C8H14O5.Na/c1-5(9)3-8(12)13-6(2)4-7(10)11;/h5-6,9H,3-4H2,1-2H3,(H,10,11);/q;+1/p-1/i1+1,3+1,5+1,6+1,7+1,8+1;. The van der Waals surface area contributed by atoms with Crippen molar-refractivity contribution in [2.45, 2.75) is 38.9 Å². The van der Waals surface area contributed by atoms with Gasteiger partial charge in [0.15, 0.2) is 0 Å². The molecule has 0 radical (unpaired) electrons. The Hall–Kier alpha value is -0.100. The molecule has 0 aromatic heterocycles. The van der Waals surface area contributed by atoms with Crippen LogP contribution in [0.4, 0.5) is 0 Å². The molecule has 0 rings (SSSR count). The van der Waals surface area contributed by atoms with Gasteiger partial charge in [-0.15, -0.1) is 0 Å². The van der Waals surface area contributed by atoms with Crippen molar-refractivity contribution in [3.8, 4) is 0 Å². The molecule has 0 saturated heterocycles. The zero-order valence-corrected chi connectivity index (χ0v) is 10.6. The van der Waals surface area contributed by atoms with Crippen LogP contribution < -0.4 is 34.7 Å². The van der Waals surface area contributed by atoms with Crippen LogP contribution >= 0.6 is 0 Å². The van der Waals surface area contributed by atoms with Crippen LogP contribution in [0.5, 0.6) is 0 Å². The van der Waals surface area contributed by atoms with Crippen LogP contribution in [0.1, 0.15) is 26.7 Å². The number of esters is 1. The maximum Gasteiger partial charge on any atom is 1.00 e. The fourth-order valence-electron chi connectivity index (χ4n) is 0.790. The summed E-state index contributed by atoms with van der Waals surface area (Å²) in [4.78, 5) is 20.9. The van der Waals surface area contributed by atoms with E-state index in [1.54, 1.807) is 0 Å². The first kappa shape index (κ1) is 16.3. The van der Waals surface area contributed by atoms with Crippen molar-refractivity contribution in [2.24, 2.45) is 0 Å². The molecule has 0 fully saturated rings. The molecule has 0 aliphatic heterocycles. The van der Waals surface area contributed by atoms with Crippen molar-refractivity contribution in [1.29, 1.82) is 0 Å². The summed E-state index contributed by atoms with van der Waals surface area (Å²) in [5, 5.41) is 18.8. The quantitative estimate of drug-likeness (QED) is 0.287. The number of aliphatic hydroxyl groups is 1. The van der Waals surface area contributed by atoms with Gasteiger partial charge < -0.3 is 19.7 Å². The van der Waals surface area contributed by atoms with Gasteiger partial charge >= 0.3 is 35.5 Å². The van der Waals surface area contributed by atoms with Gasteiger partial charge in [-0.25, -0.2) is 0 Å². The predicted molar refractivity (Wildman–Crippen MR) is 41.5 cm³/mol. The number of carbonyl (C=O) groups excluding carboxylic acids is 2. The van der Waals surface area contributed by atoms with Crippen LogP contribution in [-0.2, 0) is 14.3 Å². The van der Waals surface area contributed by atoms with E-state index in [9.17, 15) is 14.7 Å². The van der Waals surface area contributed by atoms with E-state index in [1.807, 2.05) is 0 Å². The summed E-state index contributed by atoms with van der Waals surface area (Å²) in [5.74, 6) is -1.87. The second kappa shape index (κ2) is 8.23. The molecule has 0 aromatic rings. The van der Waals surface area contributed by atoms with E-state index in [-0.39, 0.29) is 42.4 Å². The zero-order chi connectivity index (χ0) is 10.4. The van der Waals surface area contributed by atoms with Gasteiger partial charge in [0, 0.05) is 12.4 Å². The number of aliphatic hydroxyl groups excluding tert-OH is 1. The molecule has 76 valence electrons. The Kier molecular flexibility index (Phi) is 9.60. The summed E-state index contributed by atoms with van der Waals surface area (Å²) < 4.78 is 4.65. The van der Waals surface area contributed by atoms with Crippen molar-refractivity contribution in [3.63, 3.8) is 0 Å². The molecule has 0 heterocycles. The molecule has 0 bridgehead atoms. The van der Waals surface area contributed by atoms with E-state index >= 15 is 0 Å². The third-order valence-electron chi connectivity index (χ3n) is 1.25. The molecule has 0 aliphatic rings. The first-order valence-electron chi connectivity index (χ1n) is 3.99. The van der Waals surface area contributed by atoms with Gasteiger partial charge in [0.25, 0.3) is 0 Å². The van der Waals surface area contributed by atoms with Gasteiger partial charge in [-0.3, -0.25) is 4.79 Å². The number of hydrogen-bond donors (Lipinski definition) is 1. The molecule has 0 saturated carbocycles. The number of ether oxygens (including phenoxy) is 1. The van der Waals surface area contributed by atoms with E-state index in [0.717, 1.165) is 0 Å². The molecule has 2 atom stereocenters. The summed E-state index contributed by atoms with van der Waals surface area (Å²) in [6, 6.07) is 0. The second-order valence-corrected chi connectivity index (χ2v) is 2.93. The minimum absolute atomic E-state index is 0. The fraction of sp³-hybridized carbons (Fsp3) is 0.750. The summed E-state index contributed by atoms with van der Waals surface area (Å²) in [7, 11) is 0. The Morgan fingerprint density at radius 3 is 2.21 bits per heavy atom. The number of carbonyl (C=O) groups is 2. The molecule has 0 amide bonds. The molecule has 14 heavy (non-hydrogen) atoms. The number of carboxylic acids is 1. The minimum atomic E-state index is -1.27. The Labute approximate surface area is 105 Å². The molecule has 1 N–H and O–H groups in total. The van der Waals surface area contributed by atoms with Crippen molar-refractivity contribution >= 4 is 11.9 Å². The number of hydrogen-bond acceptors (Lipinski definition) is 5. The monoisotopic (exact) mass is 218 g/mol. The van der Waals surface area contributed by atoms with E-state index in [2.05, 4.69) is 4.74 Å². The maximum atomic E-state index is 10.8. The first-order chi connectivity index (χ1) is 5.91. The van der Waals surface area contributed by atoms with Gasteiger partial charge in [0.05, 0.1) is 12.5 Å². The van der Waals surface area contributed by atoms with E-state index < -0.39 is 24.1 Å². The third-order valence-corrected chi connectivity index (χ3v) is 1.25. The van der Waals surface area contributed by atoms with Crippen molar-refractivity contribution in [2.75, 3.05) is 0 Å². The SMILES string of the molecule is C[13CH](C[13C](=O)[O-])O[13C](=O)[13CH2][13CH]([13CH3])O.[Na+]. The second-order valence-electron chi connectivity index (χ2n) is 2.93. The van der Waals surface area contributed by atoms with Gasteiger partial charge in [0.2, 0.25) is 0 Å². The zero-order valence-electron chi connectivity index (χ0n) is 8.65. The summed E-state index contributed by atoms with van der Waals surface area (Å²) in [5.41, 5.74) is 0. The van der Waals surface area contributed by atoms with Gasteiger partial charge in [-0.05, 0) is 13.8 Å². The van der Waals surface area contributed by atoms with Crippen LogP contribution in [0, 0.1) is 0 Å². The normalized spacial score (nSPS) is 13.6. The summed E-state index contributed by atoms with van der Waals surface area (Å²) >= 11 is 0. The van der Waals surface area contributed by atoms with E-state index in [1.165, 1.54) is 13.8 Å². The van der Waals surface area contributed by atoms with Crippen LogP contribution in [0.25, 0.3) is 0 Å². The first-order valence-corrected chi connectivity index (χ1v) is 3.99. The molecule has 0 aliphatic carbocycles. The largest absolute Gasteiger partial charge is 1.00 e. The third kappa shape index (κ3) is 9.98. The summed E-state index contributed by atoms with van der Waals surface area (Å²) in [6.45, 7) is 2.90. The van der Waals surface area contributed by atoms with Crippen LogP contribution in [0.2, 0.25) is 0 Å². The van der Waals surface area contributed by atoms with Crippen molar-refractivity contribution < 1.29 is 54.1 Å². The van der Waals surface area contributed by atoms with Gasteiger partial charge in [0.1, 0.15) is 6.10 Å². The molecular weight excluding hydrogens is 205 g/mol. The Bertz CT molecular complexity index is 192. The number of rotatable bonds is 5. The Morgan fingerprint density at radius 1 is 1.36 bits per heavy atom. The van der Waals surface area contributed by atoms with Crippen LogP contribution in [-0.4, -0.2) is 29.3 Å². The number of carboxylic acid groups (broad SMARTS) is 1. The molecular formula is C8H13NaO5. The minimum Gasteiger partial charge on any atom is -0.550 e. The molecule has 5 nitrogen and oxygen atoms in total. The molecule has 0 spiro atoms. The number of aliphatic carboxylic acids is 1. The van der Waals surface area contributed by atoms with E-state index in [0.29, 0.717) is 0 Å². The molecule has 6 heteroatoms. The summed E-state index contributed by atoms with van der Waals surface area (Å²) in [6.07, 6.45) is -1.94. The van der Waals surface area contributed by atoms with Gasteiger partial charge in [-0.2, -0.15) is 0 Å². The van der Waals surface area contributed by atoms with E-state index in [4.69, 9.17) is 5.11 Å². The van der Waals surface area contributed by atoms with Crippen molar-refractivity contribution in [1.82, 2.24) is 0 Å². The predicted octanol–water partition coefficient (Wildman–Crippen LogP) is -4.17. The van der Waals surface area contributed by atoms with Gasteiger partial charge in [-0.1, -0.05) is 0 Å². The average Bonchev–Trinajstić information content (AvgIpc) is 1.80. The van der Waals surface area contributed by atoms with Crippen molar-refractivity contribution in [3.05, 3.63) is 0 Å². The smallest absolute Gasteiger partial charge is 0.550 e. The fourth-order valence-corrected chi connectivity index (χ4v) is 0.790. The Balaban J connectivity index is 0. The molecule has 0 aromatic carbocycles. The average molecular weight is 218 g/mol. The Morgan fingerprint density at radius 2 is 1.86 bits per heavy atom. The van der Waals surface area contributed by atoms with Crippen LogP contribution in [0.3, 0.4) is 0 Å². The molecule has 2 unspecified atom stereocenters. The topological polar surface area (TPSA) is 86.7 Å². The maximum absolute atomic E-state index is 10.8. The van der Waals surface area contributed by atoms with Crippen LogP contribution in [0.15, 0.2) is 0 Å².